The van der Waals surface area contributed by atoms with Gasteiger partial charge >= 0.3 is 0 Å². The van der Waals surface area contributed by atoms with Crippen molar-refractivity contribution in [2.24, 2.45) is 0 Å². The average Bonchev–Trinajstić information content (AvgIpc) is 2.57. The van der Waals surface area contributed by atoms with Crippen LogP contribution in [-0.4, -0.2) is 18.7 Å². The van der Waals surface area contributed by atoms with Crippen molar-refractivity contribution in [1.29, 1.82) is 0 Å². The van der Waals surface area contributed by atoms with Crippen molar-refractivity contribution >= 4 is 6.08 Å². The van der Waals surface area contributed by atoms with E-state index in [4.69, 9.17) is 4.74 Å². The van der Waals surface area contributed by atoms with Crippen molar-refractivity contribution in [3.8, 4) is 5.75 Å². The quantitative estimate of drug-likeness (QED) is 0.908. The minimum Gasteiger partial charge on any atom is -0.482 e. The van der Waals surface area contributed by atoms with Gasteiger partial charge in [-0.1, -0.05) is 48.5 Å². The van der Waals surface area contributed by atoms with Gasteiger partial charge in [0.2, 0.25) is 0 Å². The zero-order chi connectivity index (χ0) is 14.8. The highest BCUT2D eigenvalue weighted by Crippen LogP contribution is 2.41. The van der Waals surface area contributed by atoms with E-state index in [2.05, 4.69) is 66.0 Å². The summed E-state index contributed by atoms with van der Waals surface area (Å²) in [6, 6.07) is 19.1. The predicted molar refractivity (Wildman–Crippen MR) is 90.0 cm³/mol. The van der Waals surface area contributed by atoms with E-state index in [1.165, 1.54) is 16.7 Å². The second-order valence-electron chi connectivity index (χ2n) is 6.22. The molecule has 2 aliphatic heterocycles. The molecule has 2 nitrogen and oxygen atoms in total. The van der Waals surface area contributed by atoms with Crippen LogP contribution in [0.15, 0.2) is 60.2 Å². The zero-order valence-electron chi connectivity index (χ0n) is 12.7. The number of ether oxygens (including phenoxy) is 1. The molecule has 2 aromatic rings. The molecule has 4 rings (SSSR count). The van der Waals surface area contributed by atoms with Crippen molar-refractivity contribution in [1.82, 2.24) is 5.32 Å². The summed E-state index contributed by atoms with van der Waals surface area (Å²) in [5.41, 5.74) is 3.85. The van der Waals surface area contributed by atoms with Crippen LogP contribution in [-0.2, 0) is 6.42 Å². The molecule has 2 heteroatoms. The van der Waals surface area contributed by atoms with Crippen LogP contribution in [0.2, 0.25) is 0 Å². The van der Waals surface area contributed by atoms with Crippen LogP contribution >= 0.6 is 0 Å². The van der Waals surface area contributed by atoms with Crippen molar-refractivity contribution in [2.75, 3.05) is 13.1 Å². The molecule has 2 aromatic carbocycles. The molecule has 0 aliphatic carbocycles. The summed E-state index contributed by atoms with van der Waals surface area (Å²) in [7, 11) is 0. The minimum absolute atomic E-state index is 0.130. The monoisotopic (exact) mass is 291 g/mol. The van der Waals surface area contributed by atoms with Gasteiger partial charge in [0.25, 0.3) is 0 Å². The van der Waals surface area contributed by atoms with E-state index in [-0.39, 0.29) is 5.60 Å². The Bertz CT molecular complexity index is 684. The lowest BCUT2D eigenvalue weighted by Crippen LogP contribution is -2.49. The molecule has 0 radical (unpaired) electrons. The first-order valence-electron chi connectivity index (χ1n) is 8.09. The molecule has 0 saturated carbocycles. The fourth-order valence-electron chi connectivity index (χ4n) is 3.57. The topological polar surface area (TPSA) is 21.3 Å². The summed E-state index contributed by atoms with van der Waals surface area (Å²) in [6.45, 7) is 2.04. The molecule has 1 N–H and O–H groups in total. The van der Waals surface area contributed by atoms with Crippen molar-refractivity contribution < 1.29 is 4.74 Å². The molecule has 2 aliphatic rings. The van der Waals surface area contributed by atoms with E-state index in [1.807, 2.05) is 0 Å². The van der Waals surface area contributed by atoms with Crippen LogP contribution in [0, 0.1) is 0 Å². The Kier molecular flexibility index (Phi) is 3.47. The van der Waals surface area contributed by atoms with Crippen LogP contribution in [0.1, 0.15) is 24.0 Å². The molecular formula is C20H21NO. The van der Waals surface area contributed by atoms with Gasteiger partial charge in [0.05, 0.1) is 0 Å². The Labute approximate surface area is 131 Å². The Balaban J connectivity index is 1.74. The van der Waals surface area contributed by atoms with Gasteiger partial charge in [-0.05, 0) is 42.8 Å². The van der Waals surface area contributed by atoms with Crippen LogP contribution in [0.3, 0.4) is 0 Å². The number of para-hydroxylation sites is 1. The first kappa shape index (κ1) is 13.6. The molecular weight excluding hydrogens is 270 g/mol. The lowest BCUT2D eigenvalue weighted by molar-refractivity contribution is 0.0680. The fraction of sp³-hybridized carbons (Fsp3) is 0.300. The molecule has 2 heterocycles. The highest BCUT2D eigenvalue weighted by Gasteiger charge is 2.40. The van der Waals surface area contributed by atoms with Crippen molar-refractivity contribution in [3.05, 3.63) is 71.3 Å². The fourth-order valence-corrected chi connectivity index (χ4v) is 3.57. The van der Waals surface area contributed by atoms with Crippen LogP contribution < -0.4 is 10.1 Å². The molecule has 22 heavy (non-hydrogen) atoms. The summed E-state index contributed by atoms with van der Waals surface area (Å²) >= 11 is 0. The molecule has 0 unspecified atom stereocenters. The summed E-state index contributed by atoms with van der Waals surface area (Å²) < 4.78 is 6.54. The third-order valence-electron chi connectivity index (χ3n) is 4.79. The van der Waals surface area contributed by atoms with Gasteiger partial charge in [-0.15, -0.1) is 0 Å². The van der Waals surface area contributed by atoms with E-state index in [9.17, 15) is 0 Å². The molecule has 0 aromatic heterocycles. The normalized spacial score (nSPS) is 19.2. The maximum atomic E-state index is 6.54. The van der Waals surface area contributed by atoms with Gasteiger partial charge in [-0.3, -0.25) is 0 Å². The van der Waals surface area contributed by atoms with Gasteiger partial charge in [-0.25, -0.2) is 0 Å². The van der Waals surface area contributed by atoms with Crippen LogP contribution in [0.25, 0.3) is 6.08 Å². The van der Waals surface area contributed by atoms with Crippen LogP contribution in [0.5, 0.6) is 5.75 Å². The maximum absolute atomic E-state index is 6.54. The second-order valence-corrected chi connectivity index (χ2v) is 6.22. The molecule has 1 spiro atoms. The summed E-state index contributed by atoms with van der Waals surface area (Å²) in [4.78, 5) is 0. The van der Waals surface area contributed by atoms with Crippen LogP contribution in [0.4, 0.5) is 0 Å². The molecule has 0 atom stereocenters. The summed E-state index contributed by atoms with van der Waals surface area (Å²) in [6.07, 6.45) is 5.41. The number of piperidine rings is 1. The summed E-state index contributed by atoms with van der Waals surface area (Å²) in [5, 5.41) is 3.46. The standard InChI is InChI=1S/C20H21NO/c1-2-6-16(7-3-1)14-18-15-17-8-4-5-9-19(17)22-20(18)10-12-21-13-11-20/h1-9,15,21H,10-14H2. The molecule has 0 bridgehead atoms. The van der Waals surface area contributed by atoms with E-state index < -0.39 is 0 Å². The number of rotatable bonds is 2. The molecule has 112 valence electrons. The van der Waals surface area contributed by atoms with Gasteiger partial charge in [0.15, 0.2) is 0 Å². The van der Waals surface area contributed by atoms with Gasteiger partial charge in [-0.2, -0.15) is 0 Å². The highest BCUT2D eigenvalue weighted by atomic mass is 16.5. The Morgan fingerprint density at radius 3 is 2.45 bits per heavy atom. The number of hydrogen-bond acceptors (Lipinski definition) is 2. The SMILES string of the molecule is C1=C(Cc2ccccc2)C2(CCNCC2)Oc2ccccc21. The van der Waals surface area contributed by atoms with Crippen molar-refractivity contribution in [3.63, 3.8) is 0 Å². The second kappa shape index (κ2) is 5.62. The Hall–Kier alpha value is -2.06. The number of nitrogens with one attached hydrogen (secondary N) is 1. The van der Waals surface area contributed by atoms with Crippen molar-refractivity contribution in [2.45, 2.75) is 24.9 Å². The third kappa shape index (κ3) is 2.44. The van der Waals surface area contributed by atoms with Gasteiger partial charge in [0, 0.05) is 18.4 Å². The summed E-state index contributed by atoms with van der Waals surface area (Å²) in [5.74, 6) is 1.03. The van der Waals surface area contributed by atoms with Gasteiger partial charge < -0.3 is 10.1 Å². The highest BCUT2D eigenvalue weighted by molar-refractivity contribution is 5.65. The van der Waals surface area contributed by atoms with E-state index >= 15 is 0 Å². The maximum Gasteiger partial charge on any atom is 0.133 e. The first-order chi connectivity index (χ1) is 10.9. The Morgan fingerprint density at radius 1 is 0.909 bits per heavy atom. The average molecular weight is 291 g/mol. The van der Waals surface area contributed by atoms with E-state index in [0.717, 1.165) is 38.1 Å². The largest absolute Gasteiger partial charge is 0.482 e. The Morgan fingerprint density at radius 2 is 1.64 bits per heavy atom. The predicted octanol–water partition coefficient (Wildman–Crippen LogP) is 3.83. The third-order valence-corrected chi connectivity index (χ3v) is 4.79. The number of hydrogen-bond donors (Lipinski definition) is 1. The number of fused-ring (bicyclic) bond motifs is 1. The number of benzene rings is 2. The van der Waals surface area contributed by atoms with Gasteiger partial charge in [0.1, 0.15) is 11.4 Å². The minimum atomic E-state index is -0.130. The van der Waals surface area contributed by atoms with E-state index in [1.54, 1.807) is 0 Å². The molecule has 0 amide bonds. The molecule has 1 fully saturated rings. The smallest absolute Gasteiger partial charge is 0.133 e. The van der Waals surface area contributed by atoms with E-state index in [0.29, 0.717) is 0 Å². The first-order valence-corrected chi connectivity index (χ1v) is 8.09. The lowest BCUT2D eigenvalue weighted by atomic mass is 9.79. The lowest BCUT2D eigenvalue weighted by Gasteiger charge is -2.43. The zero-order valence-corrected chi connectivity index (χ0v) is 12.7. The molecule has 1 saturated heterocycles.